The van der Waals surface area contributed by atoms with Crippen molar-refractivity contribution in [2.75, 3.05) is 19.0 Å². The predicted octanol–water partition coefficient (Wildman–Crippen LogP) is 5.17. The number of hydrogen-bond acceptors (Lipinski definition) is 4. The number of nitrogens with zero attached hydrogens (tertiary/aromatic N) is 1. The minimum Gasteiger partial charge on any atom is -0.452 e. The highest BCUT2D eigenvalue weighted by atomic mass is 16.5. The average molecular weight is 417 g/mol. The van der Waals surface area contributed by atoms with E-state index >= 15 is 0 Å². The van der Waals surface area contributed by atoms with Gasteiger partial charge in [-0.15, -0.1) is 0 Å². The van der Waals surface area contributed by atoms with Gasteiger partial charge in [-0.3, -0.25) is 4.79 Å². The van der Waals surface area contributed by atoms with Crippen molar-refractivity contribution in [3.63, 3.8) is 0 Å². The molecule has 5 nitrogen and oxygen atoms in total. The van der Waals surface area contributed by atoms with Crippen LogP contribution in [0.15, 0.2) is 66.7 Å². The van der Waals surface area contributed by atoms with Gasteiger partial charge in [0.1, 0.15) is 0 Å². The van der Waals surface area contributed by atoms with E-state index in [9.17, 15) is 9.59 Å². The van der Waals surface area contributed by atoms with E-state index in [1.807, 2.05) is 75.4 Å². The Morgan fingerprint density at radius 3 is 2.29 bits per heavy atom. The molecule has 5 heteroatoms. The van der Waals surface area contributed by atoms with Gasteiger partial charge in [0, 0.05) is 19.3 Å². The molecule has 0 fully saturated rings. The summed E-state index contributed by atoms with van der Waals surface area (Å²) in [5.74, 6) is -0.792. The fourth-order valence-corrected chi connectivity index (χ4v) is 3.17. The minimum atomic E-state index is -0.537. The van der Waals surface area contributed by atoms with Gasteiger partial charge in [0.15, 0.2) is 6.61 Å². The molecule has 0 unspecified atom stereocenters. The summed E-state index contributed by atoms with van der Waals surface area (Å²) in [5.41, 5.74) is 6.41. The van der Waals surface area contributed by atoms with Crippen LogP contribution in [0.2, 0.25) is 0 Å². The van der Waals surface area contributed by atoms with E-state index in [4.69, 9.17) is 4.74 Å². The summed E-state index contributed by atoms with van der Waals surface area (Å²) in [6.07, 6.45) is 0. The number of esters is 1. The molecule has 3 aromatic carbocycles. The molecule has 0 aromatic heterocycles. The van der Waals surface area contributed by atoms with Gasteiger partial charge in [-0.2, -0.15) is 0 Å². The number of para-hydroxylation sites is 1. The number of nitrogens with one attached hydrogen (secondary N) is 1. The van der Waals surface area contributed by atoms with Crippen molar-refractivity contribution < 1.29 is 14.3 Å². The fourth-order valence-electron chi connectivity index (χ4n) is 3.17. The van der Waals surface area contributed by atoms with Crippen LogP contribution in [-0.4, -0.2) is 30.4 Å². The van der Waals surface area contributed by atoms with Crippen LogP contribution in [0, 0.1) is 20.8 Å². The lowest BCUT2D eigenvalue weighted by molar-refractivity contribution is -0.133. The molecule has 1 amide bonds. The van der Waals surface area contributed by atoms with Crippen LogP contribution in [0.5, 0.6) is 0 Å². The molecule has 0 heterocycles. The third kappa shape index (κ3) is 5.72. The number of likely N-dealkylation sites (N-methyl/N-ethyl adjacent to an activating group) is 1. The molecular formula is C26H28N2O3. The van der Waals surface area contributed by atoms with E-state index in [-0.39, 0.29) is 12.5 Å². The Labute approximate surface area is 183 Å². The zero-order chi connectivity index (χ0) is 22.4. The Hall–Kier alpha value is -3.60. The fraction of sp³-hybridized carbons (Fsp3) is 0.231. The number of rotatable bonds is 7. The molecule has 0 aliphatic heterocycles. The zero-order valence-corrected chi connectivity index (χ0v) is 18.4. The summed E-state index contributed by atoms with van der Waals surface area (Å²) in [5, 5.41) is 3.31. The molecule has 0 saturated heterocycles. The smallest absolute Gasteiger partial charge is 0.340 e. The molecule has 0 aliphatic carbocycles. The highest BCUT2D eigenvalue weighted by Crippen LogP contribution is 2.25. The molecule has 1 N–H and O–H groups in total. The van der Waals surface area contributed by atoms with Crippen LogP contribution in [0.3, 0.4) is 0 Å². The minimum absolute atomic E-state index is 0.256. The number of carbonyl (C=O) groups excluding carboxylic acids is 2. The van der Waals surface area contributed by atoms with Crippen molar-refractivity contribution in [3.05, 3.63) is 94.5 Å². The van der Waals surface area contributed by atoms with Crippen molar-refractivity contribution in [2.24, 2.45) is 0 Å². The molecule has 0 aliphatic rings. The SMILES string of the molecule is Cc1ccc(CN(C)C(=O)COC(=O)c2ccccc2Nc2cccc(C)c2C)cc1. The monoisotopic (exact) mass is 416 g/mol. The summed E-state index contributed by atoms with van der Waals surface area (Å²) in [6.45, 7) is 6.24. The number of anilines is 2. The molecular weight excluding hydrogens is 388 g/mol. The first-order valence-electron chi connectivity index (χ1n) is 10.2. The number of carbonyl (C=O) groups is 2. The van der Waals surface area contributed by atoms with E-state index in [1.165, 1.54) is 5.56 Å². The van der Waals surface area contributed by atoms with Gasteiger partial charge in [-0.1, -0.05) is 54.1 Å². The molecule has 0 radical (unpaired) electrons. The summed E-state index contributed by atoms with van der Waals surface area (Å²) in [4.78, 5) is 26.7. The molecule has 0 bridgehead atoms. The topological polar surface area (TPSA) is 58.6 Å². The van der Waals surface area contributed by atoms with E-state index in [2.05, 4.69) is 5.32 Å². The molecule has 0 spiro atoms. The van der Waals surface area contributed by atoms with Gasteiger partial charge in [0.25, 0.3) is 5.91 Å². The Kier molecular flexibility index (Phi) is 7.08. The van der Waals surface area contributed by atoms with Crippen LogP contribution in [0.25, 0.3) is 0 Å². The highest BCUT2D eigenvalue weighted by molar-refractivity contribution is 5.97. The number of hydrogen-bond donors (Lipinski definition) is 1. The molecule has 0 atom stereocenters. The first-order valence-corrected chi connectivity index (χ1v) is 10.2. The Bertz CT molecular complexity index is 1070. The number of ether oxygens (including phenoxy) is 1. The van der Waals surface area contributed by atoms with E-state index < -0.39 is 5.97 Å². The lowest BCUT2D eigenvalue weighted by atomic mass is 10.1. The second-order valence-electron chi connectivity index (χ2n) is 7.73. The molecule has 160 valence electrons. The normalized spacial score (nSPS) is 10.5. The first kappa shape index (κ1) is 22.1. The average Bonchev–Trinajstić information content (AvgIpc) is 2.77. The van der Waals surface area contributed by atoms with Crippen molar-refractivity contribution >= 4 is 23.3 Å². The predicted molar refractivity (Wildman–Crippen MR) is 124 cm³/mol. The third-order valence-corrected chi connectivity index (χ3v) is 5.31. The lowest BCUT2D eigenvalue weighted by Gasteiger charge is -2.18. The summed E-state index contributed by atoms with van der Waals surface area (Å²) in [6, 6.07) is 21.1. The summed E-state index contributed by atoms with van der Waals surface area (Å²) < 4.78 is 5.33. The number of aryl methyl sites for hydroxylation is 2. The van der Waals surface area contributed by atoms with E-state index in [0.717, 1.165) is 22.4 Å². The van der Waals surface area contributed by atoms with Gasteiger partial charge in [0.05, 0.1) is 11.3 Å². The molecule has 0 saturated carbocycles. The van der Waals surface area contributed by atoms with Crippen molar-refractivity contribution in [2.45, 2.75) is 27.3 Å². The Balaban J connectivity index is 1.63. The first-order chi connectivity index (χ1) is 14.8. The second kappa shape index (κ2) is 9.94. The highest BCUT2D eigenvalue weighted by Gasteiger charge is 2.17. The zero-order valence-electron chi connectivity index (χ0n) is 18.4. The van der Waals surface area contributed by atoms with Gasteiger partial charge >= 0.3 is 5.97 Å². The Morgan fingerprint density at radius 1 is 0.871 bits per heavy atom. The van der Waals surface area contributed by atoms with Gasteiger partial charge in [0.2, 0.25) is 0 Å². The van der Waals surface area contributed by atoms with Crippen LogP contribution in [-0.2, 0) is 16.1 Å². The maximum atomic E-state index is 12.7. The van der Waals surface area contributed by atoms with Gasteiger partial charge in [-0.05, 0) is 55.7 Å². The lowest BCUT2D eigenvalue weighted by Crippen LogP contribution is -2.30. The Morgan fingerprint density at radius 2 is 1.55 bits per heavy atom. The molecule has 3 aromatic rings. The van der Waals surface area contributed by atoms with Crippen molar-refractivity contribution in [1.29, 1.82) is 0 Å². The number of amides is 1. The van der Waals surface area contributed by atoms with Gasteiger partial charge < -0.3 is 15.0 Å². The van der Waals surface area contributed by atoms with Crippen LogP contribution < -0.4 is 5.32 Å². The van der Waals surface area contributed by atoms with Crippen LogP contribution >= 0.6 is 0 Å². The van der Waals surface area contributed by atoms with Gasteiger partial charge in [-0.25, -0.2) is 4.79 Å². The largest absolute Gasteiger partial charge is 0.452 e. The standard InChI is InChI=1S/C26H28N2O3/c1-18-12-14-21(15-13-18)16-28(4)25(29)17-31-26(30)22-9-5-6-10-24(22)27-23-11-7-8-19(2)20(23)3/h5-15,27H,16-17H2,1-4H3. The van der Waals surface area contributed by atoms with E-state index in [0.29, 0.717) is 17.8 Å². The van der Waals surface area contributed by atoms with Crippen LogP contribution in [0.4, 0.5) is 11.4 Å². The third-order valence-electron chi connectivity index (χ3n) is 5.31. The van der Waals surface area contributed by atoms with Crippen LogP contribution in [0.1, 0.15) is 32.6 Å². The molecule has 31 heavy (non-hydrogen) atoms. The number of benzene rings is 3. The van der Waals surface area contributed by atoms with Crippen molar-refractivity contribution in [1.82, 2.24) is 4.90 Å². The summed E-state index contributed by atoms with van der Waals surface area (Å²) >= 11 is 0. The second-order valence-corrected chi connectivity index (χ2v) is 7.73. The quantitative estimate of drug-likeness (QED) is 0.540. The van der Waals surface area contributed by atoms with E-state index in [1.54, 1.807) is 24.1 Å². The maximum Gasteiger partial charge on any atom is 0.340 e. The maximum absolute atomic E-state index is 12.7. The van der Waals surface area contributed by atoms with Crippen molar-refractivity contribution in [3.8, 4) is 0 Å². The molecule has 3 rings (SSSR count). The summed E-state index contributed by atoms with van der Waals surface area (Å²) in [7, 11) is 1.70.